The fourth-order valence-corrected chi connectivity index (χ4v) is 2.75. The SMILES string of the molecule is COc1ccc(C(O)Cc2c(Cl)cccc2Cl)cc1Cl. The van der Waals surface area contributed by atoms with Crippen molar-refractivity contribution < 1.29 is 9.84 Å². The van der Waals surface area contributed by atoms with E-state index in [2.05, 4.69) is 0 Å². The summed E-state index contributed by atoms with van der Waals surface area (Å²) in [5.74, 6) is 0.568. The minimum atomic E-state index is -0.740. The second-order valence-corrected chi connectivity index (χ2v) is 5.54. The molecule has 0 fully saturated rings. The first-order valence-corrected chi connectivity index (χ1v) is 7.10. The number of rotatable bonds is 4. The van der Waals surface area contributed by atoms with Crippen LogP contribution >= 0.6 is 34.8 Å². The molecule has 0 saturated carbocycles. The molecular weight excluding hydrogens is 319 g/mol. The van der Waals surface area contributed by atoms with Crippen molar-refractivity contribution in [2.24, 2.45) is 0 Å². The summed E-state index contributed by atoms with van der Waals surface area (Å²) in [6.45, 7) is 0. The van der Waals surface area contributed by atoms with Gasteiger partial charge in [0.1, 0.15) is 5.75 Å². The van der Waals surface area contributed by atoms with Crippen LogP contribution in [0.5, 0.6) is 5.75 Å². The minimum Gasteiger partial charge on any atom is -0.495 e. The van der Waals surface area contributed by atoms with Crippen LogP contribution in [0.15, 0.2) is 36.4 Å². The Balaban J connectivity index is 2.24. The van der Waals surface area contributed by atoms with Crippen LogP contribution in [0.1, 0.15) is 17.2 Å². The van der Waals surface area contributed by atoms with Crippen LogP contribution < -0.4 is 4.74 Å². The van der Waals surface area contributed by atoms with Crippen molar-refractivity contribution in [3.8, 4) is 5.75 Å². The van der Waals surface area contributed by atoms with E-state index in [0.29, 0.717) is 32.8 Å². The summed E-state index contributed by atoms with van der Waals surface area (Å²) in [4.78, 5) is 0. The summed E-state index contributed by atoms with van der Waals surface area (Å²) in [6.07, 6.45) is -0.419. The Morgan fingerprint density at radius 2 is 1.70 bits per heavy atom. The first-order chi connectivity index (χ1) is 9.52. The first-order valence-electron chi connectivity index (χ1n) is 5.97. The van der Waals surface area contributed by atoms with Crippen LogP contribution in [0, 0.1) is 0 Å². The zero-order valence-corrected chi connectivity index (χ0v) is 13.0. The van der Waals surface area contributed by atoms with E-state index in [4.69, 9.17) is 39.5 Å². The molecule has 20 heavy (non-hydrogen) atoms. The third-order valence-electron chi connectivity index (χ3n) is 3.02. The summed E-state index contributed by atoms with van der Waals surface area (Å²) in [5.41, 5.74) is 1.40. The van der Waals surface area contributed by atoms with E-state index in [0.717, 1.165) is 5.56 Å². The van der Waals surface area contributed by atoms with E-state index in [9.17, 15) is 5.11 Å². The third kappa shape index (κ3) is 3.39. The molecule has 0 saturated heterocycles. The Labute approximate surface area is 132 Å². The van der Waals surface area contributed by atoms with E-state index in [-0.39, 0.29) is 0 Å². The molecule has 0 aliphatic heterocycles. The van der Waals surface area contributed by atoms with Crippen molar-refractivity contribution in [3.05, 3.63) is 62.6 Å². The second kappa shape index (κ2) is 6.68. The predicted molar refractivity (Wildman–Crippen MR) is 83.1 cm³/mol. The van der Waals surface area contributed by atoms with Gasteiger partial charge in [-0.3, -0.25) is 0 Å². The van der Waals surface area contributed by atoms with Gasteiger partial charge in [0, 0.05) is 16.5 Å². The normalized spacial score (nSPS) is 12.2. The lowest BCUT2D eigenvalue weighted by atomic mass is 10.0. The van der Waals surface area contributed by atoms with E-state index in [1.54, 1.807) is 43.5 Å². The number of hydrogen-bond donors (Lipinski definition) is 1. The molecule has 2 aromatic rings. The zero-order chi connectivity index (χ0) is 14.7. The Hall–Kier alpha value is -0.930. The summed E-state index contributed by atoms with van der Waals surface area (Å²) >= 11 is 18.2. The van der Waals surface area contributed by atoms with Gasteiger partial charge in [-0.2, -0.15) is 0 Å². The van der Waals surface area contributed by atoms with Crippen LogP contribution in [-0.2, 0) is 6.42 Å². The molecule has 0 aromatic heterocycles. The molecule has 0 radical (unpaired) electrons. The molecule has 0 bridgehead atoms. The molecule has 0 aliphatic carbocycles. The van der Waals surface area contributed by atoms with Gasteiger partial charge < -0.3 is 9.84 Å². The standard InChI is InChI=1S/C15H13Cl3O2/c1-20-15-6-5-9(7-13(15)18)14(19)8-10-11(16)3-2-4-12(10)17/h2-7,14,19H,8H2,1H3. The monoisotopic (exact) mass is 330 g/mol. The maximum absolute atomic E-state index is 10.3. The number of aliphatic hydroxyl groups is 1. The van der Waals surface area contributed by atoms with Crippen molar-refractivity contribution in [1.82, 2.24) is 0 Å². The van der Waals surface area contributed by atoms with Crippen LogP contribution in [0.4, 0.5) is 0 Å². The van der Waals surface area contributed by atoms with Gasteiger partial charge in [0.15, 0.2) is 0 Å². The molecule has 2 rings (SSSR count). The molecule has 2 aromatic carbocycles. The highest BCUT2D eigenvalue weighted by molar-refractivity contribution is 6.36. The van der Waals surface area contributed by atoms with Crippen LogP contribution in [0.2, 0.25) is 15.1 Å². The average molecular weight is 332 g/mol. The molecule has 0 spiro atoms. The van der Waals surface area contributed by atoms with E-state index in [1.807, 2.05) is 0 Å². The Morgan fingerprint density at radius 1 is 1.05 bits per heavy atom. The Kier molecular flexibility index (Phi) is 5.17. The van der Waals surface area contributed by atoms with Gasteiger partial charge in [-0.25, -0.2) is 0 Å². The lowest BCUT2D eigenvalue weighted by Gasteiger charge is -2.14. The number of ether oxygens (including phenoxy) is 1. The lowest BCUT2D eigenvalue weighted by molar-refractivity contribution is 0.178. The fraction of sp³-hybridized carbons (Fsp3) is 0.200. The highest BCUT2D eigenvalue weighted by Gasteiger charge is 2.15. The molecule has 5 heteroatoms. The summed E-state index contributed by atoms with van der Waals surface area (Å²) in [5, 5.41) is 11.8. The molecule has 106 valence electrons. The van der Waals surface area contributed by atoms with Crippen LogP contribution in [-0.4, -0.2) is 12.2 Å². The summed E-state index contributed by atoms with van der Waals surface area (Å²) in [6, 6.07) is 10.4. The molecule has 0 amide bonds. The summed E-state index contributed by atoms with van der Waals surface area (Å²) in [7, 11) is 1.54. The zero-order valence-electron chi connectivity index (χ0n) is 10.7. The average Bonchev–Trinajstić information content (AvgIpc) is 2.42. The van der Waals surface area contributed by atoms with Gasteiger partial charge in [-0.15, -0.1) is 0 Å². The fourth-order valence-electron chi connectivity index (χ4n) is 1.93. The van der Waals surface area contributed by atoms with Gasteiger partial charge in [-0.05, 0) is 35.4 Å². The number of benzene rings is 2. The lowest BCUT2D eigenvalue weighted by Crippen LogP contribution is -2.03. The van der Waals surface area contributed by atoms with Crippen molar-refractivity contribution >= 4 is 34.8 Å². The van der Waals surface area contributed by atoms with Crippen LogP contribution in [0.3, 0.4) is 0 Å². The van der Waals surface area contributed by atoms with Gasteiger partial charge in [0.05, 0.1) is 18.2 Å². The minimum absolute atomic E-state index is 0.321. The maximum atomic E-state index is 10.3. The highest BCUT2D eigenvalue weighted by Crippen LogP contribution is 2.32. The van der Waals surface area contributed by atoms with E-state index < -0.39 is 6.10 Å². The first kappa shape index (κ1) is 15.5. The molecule has 0 heterocycles. The molecule has 1 atom stereocenters. The highest BCUT2D eigenvalue weighted by atomic mass is 35.5. The molecular formula is C15H13Cl3O2. The van der Waals surface area contributed by atoms with Gasteiger partial charge in [0.25, 0.3) is 0 Å². The topological polar surface area (TPSA) is 29.5 Å². The maximum Gasteiger partial charge on any atom is 0.137 e. The van der Waals surface area contributed by atoms with Gasteiger partial charge in [0.2, 0.25) is 0 Å². The molecule has 1 unspecified atom stereocenters. The van der Waals surface area contributed by atoms with Crippen LogP contribution in [0.25, 0.3) is 0 Å². The third-order valence-corrected chi connectivity index (χ3v) is 4.02. The van der Waals surface area contributed by atoms with E-state index in [1.165, 1.54) is 0 Å². The number of hydrogen-bond acceptors (Lipinski definition) is 2. The smallest absolute Gasteiger partial charge is 0.137 e. The number of halogens is 3. The largest absolute Gasteiger partial charge is 0.495 e. The van der Waals surface area contributed by atoms with E-state index >= 15 is 0 Å². The quantitative estimate of drug-likeness (QED) is 0.860. The predicted octanol–water partition coefficient (Wildman–Crippen LogP) is 4.93. The molecule has 1 N–H and O–H groups in total. The molecule has 0 aliphatic rings. The van der Waals surface area contributed by atoms with Crippen molar-refractivity contribution in [2.45, 2.75) is 12.5 Å². The van der Waals surface area contributed by atoms with Gasteiger partial charge in [-0.1, -0.05) is 46.9 Å². The van der Waals surface area contributed by atoms with Crippen molar-refractivity contribution in [1.29, 1.82) is 0 Å². The van der Waals surface area contributed by atoms with Crippen molar-refractivity contribution in [2.75, 3.05) is 7.11 Å². The Bertz CT molecular complexity index is 594. The second-order valence-electron chi connectivity index (χ2n) is 4.31. The van der Waals surface area contributed by atoms with Gasteiger partial charge >= 0.3 is 0 Å². The summed E-state index contributed by atoms with van der Waals surface area (Å²) < 4.78 is 5.08. The van der Waals surface area contributed by atoms with Crippen molar-refractivity contribution in [3.63, 3.8) is 0 Å². The number of aliphatic hydroxyl groups excluding tert-OH is 1. The molecule has 2 nitrogen and oxygen atoms in total. The number of methoxy groups -OCH3 is 1. The Morgan fingerprint density at radius 3 is 2.25 bits per heavy atom.